The number of benzene rings is 1. The Morgan fingerprint density at radius 3 is 2.72 bits per heavy atom. The number of ether oxygens (including phenoxy) is 1. The first-order valence-electron chi connectivity index (χ1n) is 9.24. The van der Waals surface area contributed by atoms with Crippen LogP contribution in [0, 0.1) is 20.8 Å². The van der Waals surface area contributed by atoms with E-state index in [1.807, 2.05) is 31.4 Å². The lowest BCUT2D eigenvalue weighted by molar-refractivity contribution is -0.143. The molecule has 0 radical (unpaired) electrons. The van der Waals surface area contributed by atoms with Gasteiger partial charge >= 0.3 is 5.97 Å². The van der Waals surface area contributed by atoms with Gasteiger partial charge in [-0.05, 0) is 38.5 Å². The average molecular weight is 393 g/mol. The maximum absolute atomic E-state index is 12.6. The molecule has 0 fully saturated rings. The predicted octanol–water partition coefficient (Wildman–Crippen LogP) is 2.74. The number of nitrogens with zero attached hydrogens (tertiary/aromatic N) is 3. The summed E-state index contributed by atoms with van der Waals surface area (Å²) in [6.45, 7) is 9.23. The number of carbonyl (C=O) groups excluding carboxylic acids is 2. The highest BCUT2D eigenvalue weighted by Crippen LogP contribution is 2.16. The first-order chi connectivity index (χ1) is 13.8. The SMILES string of the molecule is C=CCn1c(C)cc(C(=O)COC(=O)Cn2cnc3c(C)cccc3c2=O)c1C. The Morgan fingerprint density at radius 1 is 1.24 bits per heavy atom. The number of rotatable bonds is 7. The zero-order valence-corrected chi connectivity index (χ0v) is 16.8. The lowest BCUT2D eigenvalue weighted by Crippen LogP contribution is -2.27. The number of hydrogen-bond donors (Lipinski definition) is 0. The normalized spacial score (nSPS) is 10.9. The zero-order chi connectivity index (χ0) is 21.1. The number of esters is 1. The summed E-state index contributed by atoms with van der Waals surface area (Å²) >= 11 is 0. The smallest absolute Gasteiger partial charge is 0.326 e. The van der Waals surface area contributed by atoms with Gasteiger partial charge in [-0.15, -0.1) is 6.58 Å². The van der Waals surface area contributed by atoms with Crippen molar-refractivity contribution in [3.63, 3.8) is 0 Å². The van der Waals surface area contributed by atoms with E-state index < -0.39 is 5.97 Å². The summed E-state index contributed by atoms with van der Waals surface area (Å²) in [5.74, 6) is -0.962. The molecule has 3 aromatic rings. The van der Waals surface area contributed by atoms with E-state index in [0.29, 0.717) is 23.0 Å². The second kappa shape index (κ2) is 8.26. The third kappa shape index (κ3) is 4.03. The number of fused-ring (bicyclic) bond motifs is 1. The summed E-state index contributed by atoms with van der Waals surface area (Å²) in [6, 6.07) is 7.08. The molecule has 150 valence electrons. The summed E-state index contributed by atoms with van der Waals surface area (Å²) in [5.41, 5.74) is 3.41. The van der Waals surface area contributed by atoms with Crippen LogP contribution < -0.4 is 5.56 Å². The van der Waals surface area contributed by atoms with Crippen molar-refractivity contribution in [3.8, 4) is 0 Å². The Hall–Kier alpha value is -3.48. The van der Waals surface area contributed by atoms with E-state index >= 15 is 0 Å². The number of aryl methyl sites for hydroxylation is 2. The van der Waals surface area contributed by atoms with Crippen molar-refractivity contribution in [1.82, 2.24) is 14.1 Å². The van der Waals surface area contributed by atoms with Gasteiger partial charge in [0.25, 0.3) is 5.56 Å². The minimum atomic E-state index is -0.672. The number of hydrogen-bond acceptors (Lipinski definition) is 5. The maximum atomic E-state index is 12.6. The summed E-state index contributed by atoms with van der Waals surface area (Å²) in [6.07, 6.45) is 3.08. The lowest BCUT2D eigenvalue weighted by atomic mass is 10.1. The van der Waals surface area contributed by atoms with Gasteiger partial charge in [-0.25, -0.2) is 4.98 Å². The highest BCUT2D eigenvalue weighted by molar-refractivity contribution is 5.99. The monoisotopic (exact) mass is 393 g/mol. The minimum absolute atomic E-state index is 0.290. The number of allylic oxidation sites excluding steroid dienone is 1. The Kier molecular flexibility index (Phi) is 5.77. The molecular weight excluding hydrogens is 370 g/mol. The van der Waals surface area contributed by atoms with E-state index in [-0.39, 0.29) is 24.5 Å². The van der Waals surface area contributed by atoms with Crippen LogP contribution in [0.2, 0.25) is 0 Å². The Balaban J connectivity index is 1.69. The van der Waals surface area contributed by atoms with Crippen molar-refractivity contribution in [3.05, 3.63) is 76.1 Å². The molecule has 0 aliphatic rings. The largest absolute Gasteiger partial charge is 0.456 e. The van der Waals surface area contributed by atoms with Gasteiger partial charge in [0, 0.05) is 23.5 Å². The molecular formula is C22H23N3O4. The van der Waals surface area contributed by atoms with Crippen LogP contribution in [-0.4, -0.2) is 32.5 Å². The van der Waals surface area contributed by atoms with Gasteiger partial charge in [0.1, 0.15) is 6.54 Å². The number of aromatic nitrogens is 3. The first-order valence-corrected chi connectivity index (χ1v) is 9.24. The highest BCUT2D eigenvalue weighted by Gasteiger charge is 2.17. The van der Waals surface area contributed by atoms with Crippen molar-refractivity contribution in [2.45, 2.75) is 33.9 Å². The molecule has 0 aliphatic heterocycles. The average Bonchev–Trinajstić information content (AvgIpc) is 2.97. The minimum Gasteiger partial charge on any atom is -0.456 e. The van der Waals surface area contributed by atoms with Crippen LogP contribution in [0.3, 0.4) is 0 Å². The van der Waals surface area contributed by atoms with Crippen molar-refractivity contribution < 1.29 is 14.3 Å². The van der Waals surface area contributed by atoms with E-state index in [1.54, 1.807) is 24.3 Å². The van der Waals surface area contributed by atoms with Crippen LogP contribution in [0.15, 0.2) is 48.0 Å². The molecule has 0 aliphatic carbocycles. The van der Waals surface area contributed by atoms with Gasteiger partial charge < -0.3 is 9.30 Å². The Morgan fingerprint density at radius 2 is 2.00 bits per heavy atom. The molecule has 1 aromatic carbocycles. The Bertz CT molecular complexity index is 1170. The van der Waals surface area contributed by atoms with Gasteiger partial charge in [-0.2, -0.15) is 0 Å². The van der Waals surface area contributed by atoms with Gasteiger partial charge in [0.15, 0.2) is 6.61 Å². The highest BCUT2D eigenvalue weighted by atomic mass is 16.5. The van der Waals surface area contributed by atoms with Crippen molar-refractivity contribution in [1.29, 1.82) is 0 Å². The second-order valence-electron chi connectivity index (χ2n) is 6.92. The molecule has 0 amide bonds. The third-order valence-electron chi connectivity index (χ3n) is 4.90. The summed E-state index contributed by atoms with van der Waals surface area (Å²) in [4.78, 5) is 41.5. The van der Waals surface area contributed by atoms with Crippen LogP contribution in [0.1, 0.15) is 27.3 Å². The topological polar surface area (TPSA) is 83.2 Å². The van der Waals surface area contributed by atoms with Crippen LogP contribution in [0.5, 0.6) is 0 Å². The number of ketones is 1. The van der Waals surface area contributed by atoms with Gasteiger partial charge in [0.2, 0.25) is 5.78 Å². The summed E-state index contributed by atoms with van der Waals surface area (Å²) < 4.78 is 8.26. The van der Waals surface area contributed by atoms with Crippen LogP contribution in [-0.2, 0) is 22.6 Å². The zero-order valence-electron chi connectivity index (χ0n) is 16.8. The van der Waals surface area contributed by atoms with Crippen LogP contribution in [0.25, 0.3) is 10.9 Å². The molecule has 2 aromatic heterocycles. The van der Waals surface area contributed by atoms with E-state index in [9.17, 15) is 14.4 Å². The molecule has 7 nitrogen and oxygen atoms in total. The van der Waals surface area contributed by atoms with E-state index in [1.165, 1.54) is 10.9 Å². The van der Waals surface area contributed by atoms with Crippen molar-refractivity contribution in [2.75, 3.05) is 6.61 Å². The fraction of sp³-hybridized carbons (Fsp3) is 0.273. The van der Waals surface area contributed by atoms with Gasteiger partial charge in [-0.1, -0.05) is 18.2 Å². The lowest BCUT2D eigenvalue weighted by Gasteiger charge is -2.08. The van der Waals surface area contributed by atoms with E-state index in [4.69, 9.17) is 4.74 Å². The number of Topliss-reactive ketones (excluding diaryl/α,β-unsaturated/α-hetero) is 1. The molecule has 0 bridgehead atoms. The summed E-state index contributed by atoms with van der Waals surface area (Å²) in [5, 5.41) is 0.436. The maximum Gasteiger partial charge on any atom is 0.326 e. The van der Waals surface area contributed by atoms with Crippen LogP contribution in [0.4, 0.5) is 0 Å². The summed E-state index contributed by atoms with van der Waals surface area (Å²) in [7, 11) is 0. The molecule has 0 saturated heterocycles. The molecule has 2 heterocycles. The molecule has 0 N–H and O–H groups in total. The molecule has 0 unspecified atom stereocenters. The van der Waals surface area contributed by atoms with Crippen molar-refractivity contribution in [2.24, 2.45) is 0 Å². The molecule has 29 heavy (non-hydrogen) atoms. The Labute approximate surface area is 168 Å². The fourth-order valence-electron chi connectivity index (χ4n) is 3.35. The van der Waals surface area contributed by atoms with Crippen molar-refractivity contribution >= 4 is 22.7 Å². The van der Waals surface area contributed by atoms with Crippen LogP contribution >= 0.6 is 0 Å². The quantitative estimate of drug-likeness (QED) is 0.350. The molecule has 0 atom stereocenters. The van der Waals surface area contributed by atoms with Gasteiger partial charge in [-0.3, -0.25) is 19.0 Å². The van der Waals surface area contributed by atoms with E-state index in [0.717, 1.165) is 17.0 Å². The molecule has 0 spiro atoms. The first kappa shape index (κ1) is 20.3. The third-order valence-corrected chi connectivity index (χ3v) is 4.90. The number of carbonyl (C=O) groups is 2. The molecule has 0 saturated carbocycles. The molecule has 3 rings (SSSR count). The number of para-hydroxylation sites is 1. The fourth-order valence-corrected chi connectivity index (χ4v) is 3.35. The molecule has 7 heteroatoms. The van der Waals surface area contributed by atoms with E-state index in [2.05, 4.69) is 11.6 Å². The second-order valence-corrected chi connectivity index (χ2v) is 6.92. The predicted molar refractivity (Wildman–Crippen MR) is 110 cm³/mol. The van der Waals surface area contributed by atoms with Gasteiger partial charge in [0.05, 0.1) is 17.2 Å². The standard InChI is InChI=1S/C22H23N3O4/c1-5-9-25-15(3)10-18(16(25)4)19(26)12-29-20(27)11-24-13-23-21-14(2)7-6-8-17(21)22(24)28/h5-8,10,13H,1,9,11-12H2,2-4H3.